The van der Waals surface area contributed by atoms with E-state index in [0.29, 0.717) is 12.1 Å². The van der Waals surface area contributed by atoms with E-state index in [-0.39, 0.29) is 11.6 Å². The van der Waals surface area contributed by atoms with Crippen LogP contribution in [-0.2, 0) is 6.54 Å². The van der Waals surface area contributed by atoms with Crippen molar-refractivity contribution in [3.05, 3.63) is 28.0 Å². The van der Waals surface area contributed by atoms with E-state index < -0.39 is 0 Å². The standard InChI is InChI=1S/C9H11BrFNO/c1-12-5-6-7(10)3-4-8(13-2)9(6)11/h3-4,12H,5H2,1-2H3. The van der Waals surface area contributed by atoms with Crippen molar-refractivity contribution in [2.24, 2.45) is 0 Å². The highest BCUT2D eigenvalue weighted by atomic mass is 79.9. The number of benzene rings is 1. The predicted molar refractivity (Wildman–Crippen MR) is 53.4 cm³/mol. The Morgan fingerprint density at radius 3 is 2.77 bits per heavy atom. The minimum Gasteiger partial charge on any atom is -0.494 e. The quantitative estimate of drug-likeness (QED) is 0.886. The van der Waals surface area contributed by atoms with Crippen molar-refractivity contribution in [3.63, 3.8) is 0 Å². The molecule has 1 aromatic rings. The Morgan fingerprint density at radius 2 is 2.23 bits per heavy atom. The first-order valence-electron chi connectivity index (χ1n) is 3.86. The van der Waals surface area contributed by atoms with Crippen LogP contribution < -0.4 is 10.1 Å². The molecular formula is C9H11BrFNO. The summed E-state index contributed by atoms with van der Waals surface area (Å²) in [6.45, 7) is 0.476. The van der Waals surface area contributed by atoms with Gasteiger partial charge in [0.2, 0.25) is 0 Å². The van der Waals surface area contributed by atoms with Crippen molar-refractivity contribution in [2.45, 2.75) is 6.54 Å². The molecule has 0 saturated heterocycles. The van der Waals surface area contributed by atoms with E-state index in [9.17, 15) is 4.39 Å². The first kappa shape index (κ1) is 10.5. The zero-order valence-electron chi connectivity index (χ0n) is 7.53. The van der Waals surface area contributed by atoms with Crippen LogP contribution in [0.2, 0.25) is 0 Å². The molecule has 0 atom stereocenters. The second-order valence-electron chi connectivity index (χ2n) is 2.57. The molecule has 0 aromatic heterocycles. The minimum absolute atomic E-state index is 0.272. The third-order valence-electron chi connectivity index (χ3n) is 1.72. The molecule has 0 aliphatic rings. The molecule has 0 aliphatic carbocycles. The van der Waals surface area contributed by atoms with Crippen molar-refractivity contribution < 1.29 is 9.13 Å². The number of hydrogen-bond donors (Lipinski definition) is 1. The van der Waals surface area contributed by atoms with Gasteiger partial charge in [0.05, 0.1) is 7.11 Å². The monoisotopic (exact) mass is 247 g/mol. The summed E-state index contributed by atoms with van der Waals surface area (Å²) in [5.41, 5.74) is 0.585. The third kappa shape index (κ3) is 2.19. The Labute approximate surface area is 85.2 Å². The van der Waals surface area contributed by atoms with Gasteiger partial charge in [-0.25, -0.2) is 4.39 Å². The van der Waals surface area contributed by atoms with Crippen molar-refractivity contribution in [2.75, 3.05) is 14.2 Å². The van der Waals surface area contributed by atoms with Gasteiger partial charge in [-0.15, -0.1) is 0 Å². The average Bonchev–Trinajstić information content (AvgIpc) is 2.12. The van der Waals surface area contributed by atoms with E-state index in [1.54, 1.807) is 19.2 Å². The van der Waals surface area contributed by atoms with Gasteiger partial charge >= 0.3 is 0 Å². The van der Waals surface area contributed by atoms with Gasteiger partial charge in [0.1, 0.15) is 0 Å². The maximum Gasteiger partial charge on any atom is 0.170 e. The second-order valence-corrected chi connectivity index (χ2v) is 3.43. The summed E-state index contributed by atoms with van der Waals surface area (Å²) >= 11 is 3.28. The van der Waals surface area contributed by atoms with Gasteiger partial charge in [-0.05, 0) is 19.2 Å². The lowest BCUT2D eigenvalue weighted by Gasteiger charge is -2.08. The number of ether oxygens (including phenoxy) is 1. The molecular weight excluding hydrogens is 237 g/mol. The largest absolute Gasteiger partial charge is 0.494 e. The normalized spacial score (nSPS) is 10.2. The molecule has 0 amide bonds. The van der Waals surface area contributed by atoms with Gasteiger partial charge in [-0.1, -0.05) is 15.9 Å². The Bertz CT molecular complexity index is 304. The van der Waals surface area contributed by atoms with Crippen molar-refractivity contribution >= 4 is 15.9 Å². The maximum atomic E-state index is 13.5. The lowest BCUT2D eigenvalue weighted by Crippen LogP contribution is -2.08. The lowest BCUT2D eigenvalue weighted by atomic mass is 10.2. The summed E-state index contributed by atoms with van der Waals surface area (Å²) in [4.78, 5) is 0. The van der Waals surface area contributed by atoms with Crippen LogP contribution in [0.3, 0.4) is 0 Å². The van der Waals surface area contributed by atoms with Gasteiger partial charge in [0.15, 0.2) is 11.6 Å². The van der Waals surface area contributed by atoms with Gasteiger partial charge in [-0.3, -0.25) is 0 Å². The van der Waals surface area contributed by atoms with E-state index in [1.165, 1.54) is 7.11 Å². The van der Waals surface area contributed by atoms with Crippen LogP contribution >= 0.6 is 15.9 Å². The van der Waals surface area contributed by atoms with E-state index in [1.807, 2.05) is 0 Å². The predicted octanol–water partition coefficient (Wildman–Crippen LogP) is 2.32. The fourth-order valence-corrected chi connectivity index (χ4v) is 1.52. The topological polar surface area (TPSA) is 21.3 Å². The van der Waals surface area contributed by atoms with E-state index in [4.69, 9.17) is 4.74 Å². The van der Waals surface area contributed by atoms with Crippen LogP contribution in [0.4, 0.5) is 4.39 Å². The highest BCUT2D eigenvalue weighted by Crippen LogP contribution is 2.27. The Kier molecular flexibility index (Phi) is 3.69. The Morgan fingerprint density at radius 1 is 1.54 bits per heavy atom. The molecule has 0 radical (unpaired) electrons. The van der Waals surface area contributed by atoms with E-state index in [0.717, 1.165) is 4.47 Å². The van der Waals surface area contributed by atoms with Gasteiger partial charge in [-0.2, -0.15) is 0 Å². The van der Waals surface area contributed by atoms with Gasteiger partial charge in [0, 0.05) is 16.6 Å². The molecule has 13 heavy (non-hydrogen) atoms. The Hall–Kier alpha value is -0.610. The van der Waals surface area contributed by atoms with Gasteiger partial charge < -0.3 is 10.1 Å². The van der Waals surface area contributed by atoms with Gasteiger partial charge in [0.25, 0.3) is 0 Å². The van der Waals surface area contributed by atoms with Crippen LogP contribution in [0.15, 0.2) is 16.6 Å². The summed E-state index contributed by atoms with van der Waals surface area (Å²) in [5, 5.41) is 2.89. The van der Waals surface area contributed by atoms with Crippen LogP contribution in [-0.4, -0.2) is 14.2 Å². The molecule has 0 spiro atoms. The smallest absolute Gasteiger partial charge is 0.170 e. The van der Waals surface area contributed by atoms with Crippen LogP contribution in [0.1, 0.15) is 5.56 Å². The first-order valence-corrected chi connectivity index (χ1v) is 4.65. The average molecular weight is 248 g/mol. The summed E-state index contributed by atoms with van der Waals surface area (Å²) in [7, 11) is 3.22. The maximum absolute atomic E-state index is 13.5. The molecule has 72 valence electrons. The van der Waals surface area contributed by atoms with Crippen LogP contribution in [0.5, 0.6) is 5.75 Å². The molecule has 1 aromatic carbocycles. The highest BCUT2D eigenvalue weighted by molar-refractivity contribution is 9.10. The van der Waals surface area contributed by atoms with Crippen LogP contribution in [0, 0.1) is 5.82 Å². The number of methoxy groups -OCH3 is 1. The first-order chi connectivity index (χ1) is 6.20. The molecule has 2 nitrogen and oxygen atoms in total. The summed E-state index contributed by atoms with van der Waals surface area (Å²) in [6.07, 6.45) is 0. The molecule has 1 rings (SSSR count). The lowest BCUT2D eigenvalue weighted by molar-refractivity contribution is 0.383. The molecule has 0 unspecified atom stereocenters. The number of rotatable bonds is 3. The fourth-order valence-electron chi connectivity index (χ4n) is 1.07. The van der Waals surface area contributed by atoms with E-state index in [2.05, 4.69) is 21.2 Å². The SMILES string of the molecule is CNCc1c(Br)ccc(OC)c1F. The summed E-state index contributed by atoms with van der Waals surface area (Å²) < 4.78 is 19.1. The molecule has 0 aliphatic heterocycles. The number of hydrogen-bond acceptors (Lipinski definition) is 2. The molecule has 0 saturated carbocycles. The minimum atomic E-state index is -0.314. The molecule has 4 heteroatoms. The van der Waals surface area contributed by atoms with Crippen molar-refractivity contribution in [1.29, 1.82) is 0 Å². The summed E-state index contributed by atoms with van der Waals surface area (Å²) in [6, 6.07) is 3.37. The molecule has 1 N–H and O–H groups in total. The van der Waals surface area contributed by atoms with E-state index >= 15 is 0 Å². The Balaban J connectivity index is 3.13. The summed E-state index contributed by atoms with van der Waals surface area (Å²) in [5.74, 6) is -0.0420. The zero-order chi connectivity index (χ0) is 9.84. The highest BCUT2D eigenvalue weighted by Gasteiger charge is 2.11. The van der Waals surface area contributed by atoms with Crippen LogP contribution in [0.25, 0.3) is 0 Å². The molecule has 0 heterocycles. The fraction of sp³-hybridized carbons (Fsp3) is 0.333. The zero-order valence-corrected chi connectivity index (χ0v) is 9.11. The van der Waals surface area contributed by atoms with Crippen molar-refractivity contribution in [3.8, 4) is 5.75 Å². The second kappa shape index (κ2) is 4.58. The van der Waals surface area contributed by atoms with Crippen molar-refractivity contribution in [1.82, 2.24) is 5.32 Å². The molecule has 0 fully saturated rings. The molecule has 0 bridgehead atoms. The number of halogens is 2. The third-order valence-corrected chi connectivity index (χ3v) is 2.47. The number of nitrogens with one attached hydrogen (secondary N) is 1.